The van der Waals surface area contributed by atoms with Gasteiger partial charge in [0.2, 0.25) is 0 Å². The predicted octanol–water partition coefficient (Wildman–Crippen LogP) is 4.35. The molecule has 1 atom stereocenters. The van der Waals surface area contributed by atoms with Crippen molar-refractivity contribution < 1.29 is 19.4 Å². The summed E-state index contributed by atoms with van der Waals surface area (Å²) in [6, 6.07) is 26.2. The molecule has 4 rings (SSSR count). The number of rotatable bonds is 9. The number of hydrogen-bond donors (Lipinski definition) is 2. The van der Waals surface area contributed by atoms with Crippen LogP contribution < -0.4 is 10.5 Å². The van der Waals surface area contributed by atoms with E-state index in [1.54, 1.807) is 12.1 Å². The van der Waals surface area contributed by atoms with Gasteiger partial charge in [-0.25, -0.2) is 0 Å². The SMILES string of the molecule is Nc1ccccc1OC1(C(C(=O)O)N(Cc2ccccc2)Cc2ccccc2)CCOCC1. The largest absolute Gasteiger partial charge is 0.483 e. The maximum atomic E-state index is 12.9. The number of nitrogen functional groups attached to an aromatic ring is 1. The van der Waals surface area contributed by atoms with Gasteiger partial charge >= 0.3 is 5.97 Å². The van der Waals surface area contributed by atoms with Crippen LogP contribution in [0.15, 0.2) is 84.9 Å². The van der Waals surface area contributed by atoms with E-state index >= 15 is 0 Å². The topological polar surface area (TPSA) is 85.0 Å². The van der Waals surface area contributed by atoms with Crippen molar-refractivity contribution >= 4 is 11.7 Å². The van der Waals surface area contributed by atoms with Crippen LogP contribution in [0.1, 0.15) is 24.0 Å². The quantitative estimate of drug-likeness (QED) is 0.475. The van der Waals surface area contributed by atoms with Gasteiger partial charge < -0.3 is 20.3 Å². The van der Waals surface area contributed by atoms with Gasteiger partial charge in [-0.05, 0) is 23.3 Å². The lowest BCUT2D eigenvalue weighted by atomic mass is 9.84. The number of benzene rings is 3. The molecule has 0 aliphatic carbocycles. The van der Waals surface area contributed by atoms with E-state index in [-0.39, 0.29) is 0 Å². The molecule has 1 aliphatic heterocycles. The smallest absolute Gasteiger partial charge is 0.325 e. The van der Waals surface area contributed by atoms with Crippen LogP contribution in [0.25, 0.3) is 0 Å². The summed E-state index contributed by atoms with van der Waals surface area (Å²) in [5.74, 6) is -0.414. The van der Waals surface area contributed by atoms with Crippen molar-refractivity contribution in [1.29, 1.82) is 0 Å². The van der Waals surface area contributed by atoms with Crippen molar-refractivity contribution in [2.45, 2.75) is 37.6 Å². The van der Waals surface area contributed by atoms with E-state index in [1.807, 2.05) is 77.7 Å². The van der Waals surface area contributed by atoms with Gasteiger partial charge in [0, 0.05) is 25.9 Å². The summed E-state index contributed by atoms with van der Waals surface area (Å²) in [5.41, 5.74) is 7.77. The minimum absolute atomic E-state index is 0.432. The summed E-state index contributed by atoms with van der Waals surface area (Å²) in [7, 11) is 0. The highest BCUT2D eigenvalue weighted by molar-refractivity contribution is 5.75. The van der Waals surface area contributed by atoms with Crippen molar-refractivity contribution in [2.75, 3.05) is 18.9 Å². The van der Waals surface area contributed by atoms with Crippen molar-refractivity contribution in [3.8, 4) is 5.75 Å². The maximum Gasteiger partial charge on any atom is 0.325 e. The highest BCUT2D eigenvalue weighted by Gasteiger charge is 2.50. The molecule has 33 heavy (non-hydrogen) atoms. The zero-order valence-electron chi connectivity index (χ0n) is 18.6. The number of para-hydroxylation sites is 2. The number of ether oxygens (including phenoxy) is 2. The molecular weight excluding hydrogens is 416 g/mol. The van der Waals surface area contributed by atoms with E-state index in [0.717, 1.165) is 11.1 Å². The second-order valence-corrected chi connectivity index (χ2v) is 8.43. The molecule has 3 aromatic carbocycles. The second-order valence-electron chi connectivity index (χ2n) is 8.43. The maximum absolute atomic E-state index is 12.9. The number of hydrogen-bond acceptors (Lipinski definition) is 5. The summed E-state index contributed by atoms with van der Waals surface area (Å²) in [6.07, 6.45) is 0.913. The van der Waals surface area contributed by atoms with Crippen LogP contribution in [-0.4, -0.2) is 40.8 Å². The van der Waals surface area contributed by atoms with Gasteiger partial charge in [0.1, 0.15) is 17.4 Å². The fourth-order valence-corrected chi connectivity index (χ4v) is 4.53. The lowest BCUT2D eigenvalue weighted by Gasteiger charge is -2.46. The average Bonchev–Trinajstić information content (AvgIpc) is 2.82. The Bertz CT molecular complexity index is 995. The Labute approximate surface area is 194 Å². The number of anilines is 1. The van der Waals surface area contributed by atoms with Crippen LogP contribution in [-0.2, 0) is 22.6 Å². The van der Waals surface area contributed by atoms with E-state index in [2.05, 4.69) is 0 Å². The van der Waals surface area contributed by atoms with E-state index in [0.29, 0.717) is 50.6 Å². The number of nitrogens with two attached hydrogens (primary N) is 1. The molecule has 0 aromatic heterocycles. The van der Waals surface area contributed by atoms with Crippen LogP contribution in [0.3, 0.4) is 0 Å². The molecule has 0 spiro atoms. The third kappa shape index (κ3) is 5.53. The van der Waals surface area contributed by atoms with Gasteiger partial charge in [-0.1, -0.05) is 72.8 Å². The first-order valence-corrected chi connectivity index (χ1v) is 11.2. The number of carbonyl (C=O) groups is 1. The second kappa shape index (κ2) is 10.5. The van der Waals surface area contributed by atoms with Gasteiger partial charge in [0.25, 0.3) is 0 Å². The first-order valence-electron chi connectivity index (χ1n) is 11.2. The number of carboxylic acids is 1. The standard InChI is InChI=1S/C27H30N2O4/c28-23-13-7-8-14-24(23)33-27(15-17-32-18-16-27)25(26(30)31)29(19-21-9-3-1-4-10-21)20-22-11-5-2-6-12-22/h1-14,25H,15-20,28H2,(H,30,31). The van der Waals surface area contributed by atoms with Gasteiger partial charge in [0.05, 0.1) is 18.9 Å². The molecule has 6 heteroatoms. The van der Waals surface area contributed by atoms with Crippen LogP contribution in [0.2, 0.25) is 0 Å². The van der Waals surface area contributed by atoms with E-state index in [4.69, 9.17) is 15.2 Å². The van der Waals surface area contributed by atoms with E-state index in [9.17, 15) is 9.90 Å². The lowest BCUT2D eigenvalue weighted by Crippen LogP contribution is -2.61. The first kappa shape index (κ1) is 22.8. The van der Waals surface area contributed by atoms with E-state index < -0.39 is 17.6 Å². The van der Waals surface area contributed by atoms with Gasteiger partial charge in [-0.2, -0.15) is 0 Å². The summed E-state index contributed by atoms with van der Waals surface area (Å²) in [6.45, 7) is 1.81. The number of aliphatic carboxylic acids is 1. The molecular formula is C27H30N2O4. The number of nitrogens with zero attached hydrogens (tertiary/aromatic N) is 1. The molecule has 172 valence electrons. The van der Waals surface area contributed by atoms with Crippen LogP contribution in [0, 0.1) is 0 Å². The molecule has 3 N–H and O–H groups in total. The normalized spacial score (nSPS) is 16.3. The molecule has 0 bridgehead atoms. The Morgan fingerprint density at radius 2 is 1.42 bits per heavy atom. The number of carboxylic acid groups (broad SMARTS) is 1. The molecule has 1 aliphatic rings. The van der Waals surface area contributed by atoms with Crippen LogP contribution >= 0.6 is 0 Å². The monoisotopic (exact) mass is 446 g/mol. The first-order chi connectivity index (χ1) is 16.1. The summed E-state index contributed by atoms with van der Waals surface area (Å²) < 4.78 is 12.1. The molecule has 0 saturated carbocycles. The molecule has 1 saturated heterocycles. The highest BCUT2D eigenvalue weighted by Crippen LogP contribution is 2.37. The van der Waals surface area contributed by atoms with Crippen molar-refractivity contribution in [3.63, 3.8) is 0 Å². The molecule has 1 fully saturated rings. The third-order valence-electron chi connectivity index (χ3n) is 6.13. The van der Waals surface area contributed by atoms with Crippen molar-refractivity contribution in [1.82, 2.24) is 4.90 Å². The zero-order chi connectivity index (χ0) is 23.1. The van der Waals surface area contributed by atoms with Crippen LogP contribution in [0.5, 0.6) is 5.75 Å². The molecule has 1 heterocycles. The Hall–Kier alpha value is -3.35. The lowest BCUT2D eigenvalue weighted by molar-refractivity contribution is -0.162. The van der Waals surface area contributed by atoms with Crippen molar-refractivity contribution in [2.24, 2.45) is 0 Å². The minimum Gasteiger partial charge on any atom is -0.483 e. The summed E-state index contributed by atoms with van der Waals surface area (Å²) in [5, 5.41) is 10.6. The third-order valence-corrected chi connectivity index (χ3v) is 6.13. The Morgan fingerprint density at radius 3 is 1.94 bits per heavy atom. The predicted molar refractivity (Wildman–Crippen MR) is 128 cm³/mol. The van der Waals surface area contributed by atoms with Gasteiger partial charge in [-0.15, -0.1) is 0 Å². The Morgan fingerprint density at radius 1 is 0.909 bits per heavy atom. The molecule has 0 amide bonds. The molecule has 6 nitrogen and oxygen atoms in total. The van der Waals surface area contributed by atoms with Crippen molar-refractivity contribution in [3.05, 3.63) is 96.1 Å². The molecule has 0 radical (unpaired) electrons. The summed E-state index contributed by atoms with van der Waals surface area (Å²) in [4.78, 5) is 14.9. The highest BCUT2D eigenvalue weighted by atomic mass is 16.5. The van der Waals surface area contributed by atoms with Gasteiger partial charge in [0.15, 0.2) is 0 Å². The fourth-order valence-electron chi connectivity index (χ4n) is 4.53. The minimum atomic E-state index is -0.983. The average molecular weight is 447 g/mol. The Balaban J connectivity index is 1.75. The molecule has 3 aromatic rings. The van der Waals surface area contributed by atoms with Crippen LogP contribution in [0.4, 0.5) is 5.69 Å². The zero-order valence-corrected chi connectivity index (χ0v) is 18.6. The Kier molecular flexibility index (Phi) is 7.27. The molecule has 1 unspecified atom stereocenters. The summed E-state index contributed by atoms with van der Waals surface area (Å²) >= 11 is 0. The van der Waals surface area contributed by atoms with Gasteiger partial charge in [-0.3, -0.25) is 9.69 Å². The fraction of sp³-hybridized carbons (Fsp3) is 0.296. The van der Waals surface area contributed by atoms with E-state index in [1.165, 1.54) is 0 Å².